The van der Waals surface area contributed by atoms with Crippen LogP contribution in [0.15, 0.2) is 61.2 Å². The average molecular weight is 347 g/mol. The molecule has 0 N–H and O–H groups in total. The Morgan fingerprint density at radius 3 is 2.50 bits per heavy atom. The van der Waals surface area contributed by atoms with E-state index >= 15 is 0 Å². The number of hydrogen-bond acceptors (Lipinski definition) is 4. The first-order valence-electron chi connectivity index (χ1n) is 9.37. The van der Waals surface area contributed by atoms with Crippen LogP contribution in [0.5, 0.6) is 5.75 Å². The fourth-order valence-corrected chi connectivity index (χ4v) is 3.84. The van der Waals surface area contributed by atoms with Gasteiger partial charge in [-0.1, -0.05) is 0 Å². The number of fused-ring (bicyclic) bond motifs is 1. The molecule has 0 radical (unpaired) electrons. The van der Waals surface area contributed by atoms with Crippen LogP contribution in [0.2, 0.25) is 0 Å². The number of rotatable bonds is 5. The lowest BCUT2D eigenvalue weighted by molar-refractivity contribution is 0.0979. The van der Waals surface area contributed by atoms with Crippen molar-refractivity contribution in [2.45, 2.75) is 44.4 Å². The molecule has 0 spiro atoms. The Kier molecular flexibility index (Phi) is 5.12. The summed E-state index contributed by atoms with van der Waals surface area (Å²) in [5.74, 6) is 0.970. The van der Waals surface area contributed by atoms with E-state index in [9.17, 15) is 0 Å². The smallest absolute Gasteiger partial charge is 0.120 e. The van der Waals surface area contributed by atoms with E-state index in [1.165, 1.54) is 23.8 Å². The van der Waals surface area contributed by atoms with Crippen molar-refractivity contribution >= 4 is 10.8 Å². The first kappa shape index (κ1) is 17.0. The van der Waals surface area contributed by atoms with E-state index in [1.54, 1.807) is 0 Å². The Bertz CT molecular complexity index is 844. The molecular weight excluding hydrogens is 322 g/mol. The van der Waals surface area contributed by atoms with Crippen molar-refractivity contribution in [3.63, 3.8) is 0 Å². The predicted molar refractivity (Wildman–Crippen MR) is 104 cm³/mol. The minimum atomic E-state index is 0.319. The Labute approximate surface area is 154 Å². The Morgan fingerprint density at radius 2 is 1.69 bits per heavy atom. The van der Waals surface area contributed by atoms with Gasteiger partial charge in [-0.15, -0.1) is 0 Å². The summed E-state index contributed by atoms with van der Waals surface area (Å²) in [6.45, 7) is 0.984. The third-order valence-corrected chi connectivity index (χ3v) is 5.36. The molecule has 0 bridgehead atoms. The summed E-state index contributed by atoms with van der Waals surface area (Å²) in [6, 6.07) is 13.1. The lowest BCUT2D eigenvalue weighted by Gasteiger charge is -2.34. The highest BCUT2D eigenvalue weighted by molar-refractivity contribution is 5.82. The number of nitrogens with zero attached hydrogens (tertiary/aromatic N) is 3. The van der Waals surface area contributed by atoms with Crippen molar-refractivity contribution in [2.75, 3.05) is 7.05 Å². The summed E-state index contributed by atoms with van der Waals surface area (Å²) >= 11 is 0. The van der Waals surface area contributed by atoms with Crippen molar-refractivity contribution < 1.29 is 4.74 Å². The van der Waals surface area contributed by atoms with E-state index in [4.69, 9.17) is 4.74 Å². The van der Waals surface area contributed by atoms with Gasteiger partial charge in [0.05, 0.1) is 6.10 Å². The number of hydrogen-bond donors (Lipinski definition) is 0. The van der Waals surface area contributed by atoms with Crippen LogP contribution in [0.25, 0.3) is 10.8 Å². The molecule has 1 aliphatic carbocycles. The molecule has 4 heteroatoms. The minimum absolute atomic E-state index is 0.319. The van der Waals surface area contributed by atoms with Gasteiger partial charge in [0, 0.05) is 42.8 Å². The molecule has 3 aromatic rings. The van der Waals surface area contributed by atoms with Crippen molar-refractivity contribution in [2.24, 2.45) is 0 Å². The third kappa shape index (κ3) is 4.02. The number of benzene rings is 1. The van der Waals surface area contributed by atoms with Crippen LogP contribution in [-0.4, -0.2) is 34.1 Å². The molecule has 1 aromatic carbocycles. The molecule has 1 fully saturated rings. The van der Waals surface area contributed by atoms with E-state index in [1.807, 2.05) is 30.9 Å². The van der Waals surface area contributed by atoms with Crippen LogP contribution in [-0.2, 0) is 6.54 Å². The second-order valence-electron chi connectivity index (χ2n) is 7.20. The van der Waals surface area contributed by atoms with E-state index in [0.717, 1.165) is 30.5 Å². The summed E-state index contributed by atoms with van der Waals surface area (Å²) in [7, 11) is 2.23. The average Bonchev–Trinajstić information content (AvgIpc) is 2.69. The first-order valence-corrected chi connectivity index (χ1v) is 9.37. The van der Waals surface area contributed by atoms with Gasteiger partial charge in [-0.25, -0.2) is 0 Å². The first-order chi connectivity index (χ1) is 12.8. The molecule has 0 amide bonds. The fourth-order valence-electron chi connectivity index (χ4n) is 3.84. The maximum Gasteiger partial charge on any atom is 0.120 e. The third-order valence-electron chi connectivity index (χ3n) is 5.36. The molecule has 134 valence electrons. The van der Waals surface area contributed by atoms with E-state index < -0.39 is 0 Å². The minimum Gasteiger partial charge on any atom is -0.490 e. The molecule has 1 aliphatic rings. The van der Waals surface area contributed by atoms with Crippen molar-refractivity contribution in [3.05, 3.63) is 66.7 Å². The molecule has 4 rings (SSSR count). The Hall–Kier alpha value is -2.46. The van der Waals surface area contributed by atoms with Gasteiger partial charge in [0.2, 0.25) is 0 Å². The monoisotopic (exact) mass is 347 g/mol. The zero-order chi connectivity index (χ0) is 17.8. The SMILES string of the molecule is CN(Cc1ccncc1)C1CCC(Oc2ccc3cnccc3c2)CC1. The highest BCUT2D eigenvalue weighted by Crippen LogP contribution is 2.28. The molecule has 2 heterocycles. The maximum absolute atomic E-state index is 6.26. The Balaban J connectivity index is 1.31. The van der Waals surface area contributed by atoms with Gasteiger partial charge in [0.25, 0.3) is 0 Å². The quantitative estimate of drug-likeness (QED) is 0.683. The largest absolute Gasteiger partial charge is 0.490 e. The maximum atomic E-state index is 6.26. The van der Waals surface area contributed by atoms with Crippen molar-refractivity contribution in [1.82, 2.24) is 14.9 Å². The zero-order valence-corrected chi connectivity index (χ0v) is 15.2. The summed E-state index contributed by atoms with van der Waals surface area (Å²) in [6.07, 6.45) is 12.4. The number of ether oxygens (including phenoxy) is 1. The van der Waals surface area contributed by atoms with Crippen LogP contribution in [0.1, 0.15) is 31.2 Å². The number of pyridine rings is 2. The summed E-state index contributed by atoms with van der Waals surface area (Å²) in [5, 5.41) is 2.34. The standard InChI is InChI=1S/C22H25N3O/c1-25(16-17-8-11-23-12-9-17)20-3-6-21(7-4-20)26-22-5-2-19-15-24-13-10-18(19)14-22/h2,5,8-15,20-21H,3-4,6-7,16H2,1H3. The molecule has 0 unspecified atom stereocenters. The molecule has 26 heavy (non-hydrogen) atoms. The summed E-state index contributed by atoms with van der Waals surface area (Å²) in [5.41, 5.74) is 1.33. The lowest BCUT2D eigenvalue weighted by Crippen LogP contribution is -2.37. The van der Waals surface area contributed by atoms with E-state index in [0.29, 0.717) is 12.1 Å². The molecule has 0 aliphatic heterocycles. The predicted octanol–water partition coefficient (Wildman–Crippen LogP) is 4.45. The molecule has 0 atom stereocenters. The van der Waals surface area contributed by atoms with Crippen molar-refractivity contribution in [3.8, 4) is 5.75 Å². The van der Waals surface area contributed by atoms with Crippen LogP contribution in [0, 0.1) is 0 Å². The molecule has 1 saturated carbocycles. The normalized spacial score (nSPS) is 20.4. The van der Waals surface area contributed by atoms with E-state index in [-0.39, 0.29) is 0 Å². The highest BCUT2D eigenvalue weighted by Gasteiger charge is 2.25. The molecule has 2 aromatic heterocycles. The number of aromatic nitrogens is 2. The van der Waals surface area contributed by atoms with Crippen molar-refractivity contribution in [1.29, 1.82) is 0 Å². The topological polar surface area (TPSA) is 38.2 Å². The summed E-state index contributed by atoms with van der Waals surface area (Å²) in [4.78, 5) is 10.7. The van der Waals surface area contributed by atoms with Crippen LogP contribution < -0.4 is 4.74 Å². The van der Waals surface area contributed by atoms with Gasteiger partial charge in [0.15, 0.2) is 0 Å². The molecule has 4 nitrogen and oxygen atoms in total. The van der Waals surface area contributed by atoms with Gasteiger partial charge in [0.1, 0.15) is 5.75 Å². The van der Waals surface area contributed by atoms with Gasteiger partial charge in [-0.05, 0) is 80.1 Å². The van der Waals surface area contributed by atoms with E-state index in [2.05, 4.69) is 52.2 Å². The Morgan fingerprint density at radius 1 is 0.923 bits per heavy atom. The van der Waals surface area contributed by atoms with Gasteiger partial charge >= 0.3 is 0 Å². The van der Waals surface area contributed by atoms with Gasteiger partial charge in [-0.2, -0.15) is 0 Å². The van der Waals surface area contributed by atoms with Gasteiger partial charge < -0.3 is 4.74 Å². The van der Waals surface area contributed by atoms with Crippen LogP contribution >= 0.6 is 0 Å². The summed E-state index contributed by atoms with van der Waals surface area (Å²) < 4.78 is 6.26. The lowest BCUT2D eigenvalue weighted by atomic mass is 9.91. The molecular formula is C22H25N3O. The molecule has 0 saturated heterocycles. The van der Waals surface area contributed by atoms with Crippen LogP contribution in [0.4, 0.5) is 0 Å². The zero-order valence-electron chi connectivity index (χ0n) is 15.2. The second-order valence-corrected chi connectivity index (χ2v) is 7.20. The second kappa shape index (κ2) is 7.83. The highest BCUT2D eigenvalue weighted by atomic mass is 16.5. The van der Waals surface area contributed by atoms with Gasteiger partial charge in [-0.3, -0.25) is 14.9 Å². The fraction of sp³-hybridized carbons (Fsp3) is 0.364. The van der Waals surface area contributed by atoms with Crippen LogP contribution in [0.3, 0.4) is 0 Å².